The van der Waals surface area contributed by atoms with Crippen LogP contribution in [0.4, 0.5) is 4.79 Å². The van der Waals surface area contributed by atoms with Gasteiger partial charge in [-0.05, 0) is 85.9 Å². The largest absolute Gasteiger partial charge is 0.447 e. The molecule has 1 aliphatic rings. The zero-order chi connectivity index (χ0) is 22.7. The van der Waals surface area contributed by atoms with Crippen LogP contribution in [0.1, 0.15) is 53.1 Å². The average Bonchev–Trinajstić information content (AvgIpc) is 3.12. The molecular formula is C27H33NO3. The predicted molar refractivity (Wildman–Crippen MR) is 125 cm³/mol. The van der Waals surface area contributed by atoms with Crippen molar-refractivity contribution in [3.63, 3.8) is 0 Å². The lowest BCUT2D eigenvalue weighted by atomic mass is 9.87. The van der Waals surface area contributed by atoms with Crippen LogP contribution in [0.15, 0.2) is 43.0 Å². The summed E-state index contributed by atoms with van der Waals surface area (Å²) in [7, 11) is 0. The molecule has 0 unspecified atom stereocenters. The Bertz CT molecular complexity index is 1010. The van der Waals surface area contributed by atoms with E-state index in [0.717, 1.165) is 16.7 Å². The third-order valence-electron chi connectivity index (χ3n) is 6.48. The molecule has 1 fully saturated rings. The molecule has 31 heavy (non-hydrogen) atoms. The topological polar surface area (TPSA) is 46.6 Å². The normalized spacial score (nSPS) is 16.9. The number of hydrogen-bond donors (Lipinski definition) is 0. The number of allylic oxidation sites excluding steroid dienone is 1. The first-order valence-corrected chi connectivity index (χ1v) is 11.0. The minimum atomic E-state index is -0.529. The summed E-state index contributed by atoms with van der Waals surface area (Å²) < 4.78 is 5.19. The Hall–Kier alpha value is -2.88. The van der Waals surface area contributed by atoms with Gasteiger partial charge in [-0.2, -0.15) is 0 Å². The van der Waals surface area contributed by atoms with Gasteiger partial charge in [-0.25, -0.2) is 9.69 Å². The number of imide groups is 1. The molecule has 4 heteroatoms. The van der Waals surface area contributed by atoms with Crippen molar-refractivity contribution in [2.45, 2.75) is 59.9 Å². The fourth-order valence-electron chi connectivity index (χ4n) is 4.07. The smallest absolute Gasteiger partial charge is 0.416 e. The van der Waals surface area contributed by atoms with E-state index in [0.29, 0.717) is 19.3 Å². The van der Waals surface area contributed by atoms with Gasteiger partial charge in [0.05, 0.1) is 6.04 Å². The Morgan fingerprint density at radius 2 is 1.71 bits per heavy atom. The first-order valence-electron chi connectivity index (χ1n) is 11.0. The number of benzene rings is 2. The summed E-state index contributed by atoms with van der Waals surface area (Å²) >= 11 is 0. The molecule has 3 rings (SSSR count). The van der Waals surface area contributed by atoms with Crippen LogP contribution in [0.2, 0.25) is 0 Å². The van der Waals surface area contributed by atoms with Gasteiger partial charge in [0, 0.05) is 5.92 Å². The molecule has 164 valence electrons. The summed E-state index contributed by atoms with van der Waals surface area (Å²) in [4.78, 5) is 27.2. The Morgan fingerprint density at radius 1 is 1.06 bits per heavy atom. The molecule has 0 spiro atoms. The molecule has 2 aromatic rings. The SMILES string of the molecule is C=C(C[C@@H](Cc1ccc(C)c(C)c1)C(=O)N1C(=O)OC[C@@H]1CC)c1ccc(C)c(C)c1. The zero-order valence-electron chi connectivity index (χ0n) is 19.3. The van der Waals surface area contributed by atoms with Crippen molar-refractivity contribution in [3.8, 4) is 0 Å². The number of rotatable bonds is 7. The van der Waals surface area contributed by atoms with E-state index in [-0.39, 0.29) is 24.5 Å². The average molecular weight is 420 g/mol. The number of carbonyl (C=O) groups is 2. The highest BCUT2D eigenvalue weighted by atomic mass is 16.6. The van der Waals surface area contributed by atoms with Crippen LogP contribution < -0.4 is 0 Å². The molecule has 0 radical (unpaired) electrons. The van der Waals surface area contributed by atoms with E-state index in [9.17, 15) is 9.59 Å². The minimum absolute atomic E-state index is 0.169. The highest BCUT2D eigenvalue weighted by Crippen LogP contribution is 2.29. The summed E-state index contributed by atoms with van der Waals surface area (Å²) in [6.45, 7) is 14.9. The van der Waals surface area contributed by atoms with Crippen LogP contribution in [0.5, 0.6) is 0 Å². The van der Waals surface area contributed by atoms with E-state index in [1.54, 1.807) is 0 Å². The minimum Gasteiger partial charge on any atom is -0.447 e. The quantitative estimate of drug-likeness (QED) is 0.558. The molecule has 0 saturated carbocycles. The van der Waals surface area contributed by atoms with Crippen molar-refractivity contribution in [2.24, 2.45) is 5.92 Å². The molecule has 1 aliphatic heterocycles. The fourth-order valence-corrected chi connectivity index (χ4v) is 4.07. The fraction of sp³-hybridized carbons (Fsp3) is 0.407. The lowest BCUT2D eigenvalue weighted by Crippen LogP contribution is -2.43. The van der Waals surface area contributed by atoms with Crippen LogP contribution in [0.3, 0.4) is 0 Å². The van der Waals surface area contributed by atoms with Crippen molar-refractivity contribution in [3.05, 3.63) is 76.4 Å². The second-order valence-electron chi connectivity index (χ2n) is 8.77. The van der Waals surface area contributed by atoms with Gasteiger partial charge in [0.25, 0.3) is 0 Å². The van der Waals surface area contributed by atoms with Gasteiger partial charge < -0.3 is 4.74 Å². The highest BCUT2D eigenvalue weighted by molar-refractivity contribution is 5.95. The van der Waals surface area contributed by atoms with Crippen LogP contribution in [0.25, 0.3) is 5.57 Å². The third kappa shape index (κ3) is 5.07. The molecule has 0 aliphatic carbocycles. The van der Waals surface area contributed by atoms with Gasteiger partial charge in [0.15, 0.2) is 0 Å². The van der Waals surface area contributed by atoms with Crippen LogP contribution in [0, 0.1) is 33.6 Å². The number of cyclic esters (lactones) is 1. The predicted octanol–water partition coefficient (Wildman–Crippen LogP) is 5.94. The number of aryl methyl sites for hydroxylation is 4. The van der Waals surface area contributed by atoms with E-state index in [2.05, 4.69) is 70.7 Å². The maximum Gasteiger partial charge on any atom is 0.416 e. The summed E-state index contributed by atoms with van der Waals surface area (Å²) in [5.41, 5.74) is 7.89. The Kier molecular flexibility index (Phi) is 6.99. The standard InChI is InChI=1S/C27H33NO3/c1-7-25-16-31-27(30)28(25)26(29)24(15-22-10-8-17(2)19(4)12-22)14-21(6)23-11-9-18(3)20(5)13-23/h8-13,24-25H,6-7,14-16H2,1-5H3/t24-,25-/m0/s1. The van der Waals surface area contributed by atoms with Crippen molar-refractivity contribution in [2.75, 3.05) is 6.61 Å². The molecule has 2 amide bonds. The van der Waals surface area contributed by atoms with Gasteiger partial charge in [-0.15, -0.1) is 0 Å². The van der Waals surface area contributed by atoms with E-state index < -0.39 is 6.09 Å². The van der Waals surface area contributed by atoms with Crippen molar-refractivity contribution in [1.29, 1.82) is 0 Å². The molecule has 2 aromatic carbocycles. The van der Waals surface area contributed by atoms with Crippen LogP contribution in [-0.4, -0.2) is 29.5 Å². The van der Waals surface area contributed by atoms with E-state index in [1.807, 2.05) is 6.92 Å². The Morgan fingerprint density at radius 3 is 2.32 bits per heavy atom. The van der Waals surface area contributed by atoms with Crippen LogP contribution >= 0.6 is 0 Å². The summed E-state index contributed by atoms with van der Waals surface area (Å²) in [5.74, 6) is -0.548. The van der Waals surface area contributed by atoms with Gasteiger partial charge in [0.2, 0.25) is 5.91 Å². The maximum atomic E-state index is 13.6. The van der Waals surface area contributed by atoms with Crippen LogP contribution in [-0.2, 0) is 16.0 Å². The monoisotopic (exact) mass is 419 g/mol. The zero-order valence-corrected chi connectivity index (χ0v) is 19.3. The molecule has 1 saturated heterocycles. The van der Waals surface area contributed by atoms with Crippen molar-refractivity contribution < 1.29 is 14.3 Å². The summed E-state index contributed by atoms with van der Waals surface area (Å²) in [6, 6.07) is 12.4. The number of amides is 2. The molecule has 4 nitrogen and oxygen atoms in total. The first-order chi connectivity index (χ1) is 14.7. The van der Waals surface area contributed by atoms with E-state index >= 15 is 0 Å². The second kappa shape index (κ2) is 9.51. The van der Waals surface area contributed by atoms with Crippen molar-refractivity contribution in [1.82, 2.24) is 4.90 Å². The second-order valence-corrected chi connectivity index (χ2v) is 8.77. The highest BCUT2D eigenvalue weighted by Gasteiger charge is 2.40. The summed E-state index contributed by atoms with van der Waals surface area (Å²) in [5, 5.41) is 0. The van der Waals surface area contributed by atoms with Gasteiger partial charge in [-0.3, -0.25) is 4.79 Å². The summed E-state index contributed by atoms with van der Waals surface area (Å²) in [6.07, 6.45) is 1.21. The first kappa shape index (κ1) is 22.8. The van der Waals surface area contributed by atoms with Crippen molar-refractivity contribution >= 4 is 17.6 Å². The molecule has 1 heterocycles. The van der Waals surface area contributed by atoms with E-state index in [1.165, 1.54) is 27.2 Å². The number of nitrogens with zero attached hydrogens (tertiary/aromatic N) is 1. The van der Waals surface area contributed by atoms with Gasteiger partial charge >= 0.3 is 6.09 Å². The lowest BCUT2D eigenvalue weighted by Gasteiger charge is -2.25. The number of carbonyl (C=O) groups excluding carboxylic acids is 2. The van der Waals surface area contributed by atoms with E-state index in [4.69, 9.17) is 4.74 Å². The third-order valence-corrected chi connectivity index (χ3v) is 6.48. The molecular weight excluding hydrogens is 386 g/mol. The lowest BCUT2D eigenvalue weighted by molar-refractivity contribution is -0.133. The molecule has 0 aromatic heterocycles. The molecule has 0 bridgehead atoms. The number of ether oxygens (including phenoxy) is 1. The number of hydrogen-bond acceptors (Lipinski definition) is 3. The maximum absolute atomic E-state index is 13.6. The molecule has 2 atom stereocenters. The molecule has 0 N–H and O–H groups in total. The Labute approximate surface area is 185 Å². The van der Waals surface area contributed by atoms with Gasteiger partial charge in [0.1, 0.15) is 6.61 Å². The van der Waals surface area contributed by atoms with Gasteiger partial charge in [-0.1, -0.05) is 49.9 Å². The Balaban J connectivity index is 1.89.